The third-order valence-corrected chi connectivity index (χ3v) is 5.57. The van der Waals surface area contributed by atoms with Gasteiger partial charge in [-0.05, 0) is 36.8 Å². The summed E-state index contributed by atoms with van der Waals surface area (Å²) >= 11 is 7.88. The smallest absolute Gasteiger partial charge is 0.490 e. The van der Waals surface area contributed by atoms with Gasteiger partial charge in [0.2, 0.25) is 5.88 Å². The molecule has 3 N–H and O–H groups in total. The van der Waals surface area contributed by atoms with Gasteiger partial charge < -0.3 is 20.3 Å². The Morgan fingerprint density at radius 2 is 1.91 bits per heavy atom. The number of aryl methyl sites for hydroxylation is 1. The zero-order valence-corrected chi connectivity index (χ0v) is 19.4. The summed E-state index contributed by atoms with van der Waals surface area (Å²) < 4.78 is 43.6. The summed E-state index contributed by atoms with van der Waals surface area (Å²) in [7, 11) is 1.56. The Hall–Kier alpha value is -3.22. The molecule has 34 heavy (non-hydrogen) atoms. The highest BCUT2D eigenvalue weighted by Gasteiger charge is 2.38. The molecule has 0 aliphatic carbocycles. The van der Waals surface area contributed by atoms with Gasteiger partial charge in [0.25, 0.3) is 0 Å². The quantitative estimate of drug-likeness (QED) is 0.388. The average molecular weight is 515 g/mol. The van der Waals surface area contributed by atoms with Crippen LogP contribution in [0.15, 0.2) is 30.5 Å². The first-order chi connectivity index (χ1) is 16.0. The van der Waals surface area contributed by atoms with Crippen molar-refractivity contribution in [2.75, 3.05) is 20.3 Å². The third-order valence-electron chi connectivity index (χ3n) is 4.32. The predicted molar refractivity (Wildman–Crippen MR) is 123 cm³/mol. The Morgan fingerprint density at radius 1 is 1.21 bits per heavy atom. The summed E-state index contributed by atoms with van der Waals surface area (Å²) in [4.78, 5) is 22.7. The van der Waals surface area contributed by atoms with Crippen molar-refractivity contribution in [3.05, 3.63) is 41.0 Å². The summed E-state index contributed by atoms with van der Waals surface area (Å²) in [5, 5.41) is 8.53. The van der Waals surface area contributed by atoms with Crippen molar-refractivity contribution >= 4 is 50.2 Å². The van der Waals surface area contributed by atoms with Crippen molar-refractivity contribution in [1.29, 1.82) is 0 Å². The molecule has 2 aromatic heterocycles. The number of carbonyl (C=O) groups is 1. The number of thiazole rings is 1. The number of aliphatic carboxylic acids is 1. The van der Waals surface area contributed by atoms with Crippen molar-refractivity contribution < 1.29 is 32.5 Å². The maximum atomic E-state index is 10.6. The highest BCUT2D eigenvalue weighted by molar-refractivity contribution is 7.21. The van der Waals surface area contributed by atoms with Crippen molar-refractivity contribution in [3.63, 3.8) is 0 Å². The number of carboxylic acid groups (broad SMARTS) is 1. The van der Waals surface area contributed by atoms with Crippen LogP contribution in [-0.4, -0.2) is 52.5 Å². The number of rotatable bonds is 5. The lowest BCUT2D eigenvalue weighted by atomic mass is 10.1. The molecule has 0 fully saturated rings. The molecule has 8 nitrogen and oxygen atoms in total. The second-order valence-corrected chi connectivity index (χ2v) is 8.25. The van der Waals surface area contributed by atoms with Crippen molar-refractivity contribution in [1.82, 2.24) is 15.0 Å². The Morgan fingerprint density at radius 3 is 2.53 bits per heavy atom. The van der Waals surface area contributed by atoms with E-state index in [0.29, 0.717) is 29.6 Å². The number of nitrogens with zero attached hydrogens (tertiary/aromatic N) is 3. The summed E-state index contributed by atoms with van der Waals surface area (Å²) in [6.45, 7) is 2.97. The Balaban J connectivity index is 0.000000406. The molecule has 2 aromatic carbocycles. The average Bonchev–Trinajstić information content (AvgIpc) is 3.21. The van der Waals surface area contributed by atoms with Gasteiger partial charge in [-0.3, -0.25) is 0 Å². The molecule has 0 aliphatic rings. The van der Waals surface area contributed by atoms with E-state index in [2.05, 4.69) is 9.97 Å². The molecule has 0 spiro atoms. The number of methoxy groups -OCH3 is 1. The minimum atomic E-state index is -5.08. The number of ether oxygens (including phenoxy) is 2. The van der Waals surface area contributed by atoms with E-state index < -0.39 is 12.1 Å². The van der Waals surface area contributed by atoms with E-state index in [0.717, 1.165) is 37.6 Å². The molecule has 0 atom stereocenters. The molecule has 0 saturated carbocycles. The topological polar surface area (TPSA) is 120 Å². The zero-order valence-electron chi connectivity index (χ0n) is 17.8. The van der Waals surface area contributed by atoms with Gasteiger partial charge in [-0.25, -0.2) is 19.7 Å². The molecule has 2 heterocycles. The molecule has 0 saturated heterocycles. The number of benzene rings is 2. The number of hydrogen-bond acceptors (Lipinski definition) is 8. The molecule has 4 rings (SSSR count). The van der Waals surface area contributed by atoms with Crippen LogP contribution in [-0.2, 0) is 4.79 Å². The van der Waals surface area contributed by atoms with Crippen LogP contribution in [0.4, 0.5) is 13.2 Å². The van der Waals surface area contributed by atoms with Crippen LogP contribution in [0.25, 0.3) is 31.8 Å². The first-order valence-corrected chi connectivity index (χ1v) is 10.8. The lowest BCUT2D eigenvalue weighted by Crippen LogP contribution is -2.21. The predicted octanol–water partition coefficient (Wildman–Crippen LogP) is 4.85. The minimum Gasteiger partial charge on any atom is -0.492 e. The van der Waals surface area contributed by atoms with Crippen LogP contribution in [0.5, 0.6) is 11.6 Å². The molecule has 13 heteroatoms. The number of hydrogen-bond donors (Lipinski definition) is 2. The molecular formula is C21H18ClF3N4O4S. The van der Waals surface area contributed by atoms with E-state index in [1.165, 1.54) is 0 Å². The molecular weight excluding hydrogens is 497 g/mol. The second-order valence-electron chi connectivity index (χ2n) is 6.78. The number of carboxylic acids is 1. The van der Waals surface area contributed by atoms with E-state index in [1.807, 2.05) is 25.1 Å². The fourth-order valence-corrected chi connectivity index (χ4v) is 4.18. The molecule has 0 bridgehead atoms. The van der Waals surface area contributed by atoms with Gasteiger partial charge in [-0.2, -0.15) is 13.2 Å². The first-order valence-electron chi connectivity index (χ1n) is 9.58. The van der Waals surface area contributed by atoms with Crippen LogP contribution < -0.4 is 15.2 Å². The first kappa shape index (κ1) is 25.4. The van der Waals surface area contributed by atoms with Crippen LogP contribution >= 0.6 is 22.9 Å². The van der Waals surface area contributed by atoms with Gasteiger partial charge in [0, 0.05) is 17.1 Å². The monoisotopic (exact) mass is 514 g/mol. The van der Waals surface area contributed by atoms with Crippen molar-refractivity contribution in [3.8, 4) is 22.2 Å². The molecule has 0 amide bonds. The van der Waals surface area contributed by atoms with Crippen molar-refractivity contribution in [2.24, 2.45) is 5.73 Å². The van der Waals surface area contributed by atoms with Crippen molar-refractivity contribution in [2.45, 2.75) is 13.1 Å². The van der Waals surface area contributed by atoms with E-state index in [-0.39, 0.29) is 0 Å². The van der Waals surface area contributed by atoms with Gasteiger partial charge >= 0.3 is 12.1 Å². The number of nitrogens with two attached hydrogens (primary N) is 1. The fraction of sp³-hybridized carbons (Fsp3) is 0.238. The highest BCUT2D eigenvalue weighted by Crippen LogP contribution is 2.38. The van der Waals surface area contributed by atoms with E-state index >= 15 is 0 Å². The van der Waals surface area contributed by atoms with Gasteiger partial charge in [-0.15, -0.1) is 11.3 Å². The van der Waals surface area contributed by atoms with Gasteiger partial charge in [0.15, 0.2) is 0 Å². The normalized spacial score (nSPS) is 11.3. The highest BCUT2D eigenvalue weighted by atomic mass is 35.5. The minimum absolute atomic E-state index is 0.442. The molecule has 0 unspecified atom stereocenters. The van der Waals surface area contributed by atoms with E-state index in [1.54, 1.807) is 30.7 Å². The van der Waals surface area contributed by atoms with Gasteiger partial charge in [-0.1, -0.05) is 11.6 Å². The number of alkyl halides is 3. The van der Waals surface area contributed by atoms with Crippen LogP contribution in [0.3, 0.4) is 0 Å². The zero-order chi connectivity index (χ0) is 25.0. The van der Waals surface area contributed by atoms with Gasteiger partial charge in [0.1, 0.15) is 17.4 Å². The van der Waals surface area contributed by atoms with Gasteiger partial charge in [0.05, 0.1) is 34.6 Å². The Labute approximate surface area is 200 Å². The maximum Gasteiger partial charge on any atom is 0.490 e. The summed E-state index contributed by atoms with van der Waals surface area (Å²) in [5.74, 6) is -1.52. The SMILES string of the molecule is COc1cnc2c(-c3nc4c(C)cc(OCCN)cc4s3)cc(Cl)cc2n1.O=C(O)C(F)(F)F. The van der Waals surface area contributed by atoms with E-state index in [4.69, 9.17) is 41.7 Å². The largest absolute Gasteiger partial charge is 0.492 e. The number of fused-ring (bicyclic) bond motifs is 2. The molecule has 4 aromatic rings. The van der Waals surface area contributed by atoms with Crippen LogP contribution in [0.2, 0.25) is 5.02 Å². The number of aromatic nitrogens is 3. The molecule has 0 radical (unpaired) electrons. The maximum absolute atomic E-state index is 10.6. The Bertz CT molecular complexity index is 1350. The van der Waals surface area contributed by atoms with Crippen LogP contribution in [0.1, 0.15) is 5.56 Å². The summed E-state index contributed by atoms with van der Waals surface area (Å²) in [6, 6.07) is 7.60. The number of halogens is 4. The lowest BCUT2D eigenvalue weighted by Gasteiger charge is -2.05. The lowest BCUT2D eigenvalue weighted by molar-refractivity contribution is -0.192. The third kappa shape index (κ3) is 5.82. The second kappa shape index (κ2) is 10.4. The van der Waals surface area contributed by atoms with E-state index in [9.17, 15) is 13.2 Å². The summed E-state index contributed by atoms with van der Waals surface area (Å²) in [5.41, 5.74) is 9.75. The molecule has 0 aliphatic heterocycles. The summed E-state index contributed by atoms with van der Waals surface area (Å²) in [6.07, 6.45) is -3.49. The standard InChI is InChI=1S/C19H17ClN4O2S.C2HF3O2/c1-10-5-12(26-4-3-21)8-15-17(10)24-19(27-15)13-6-11(20)7-14-18(13)22-9-16(23-14)25-2;3-2(4,5)1(6)7/h5-9H,3-4,21H2,1-2H3;(H,6,7). The Kier molecular flexibility index (Phi) is 7.75. The molecule has 180 valence electrons. The van der Waals surface area contributed by atoms with Crippen LogP contribution in [0, 0.1) is 6.92 Å². The fourth-order valence-electron chi connectivity index (χ4n) is 2.87.